The highest BCUT2D eigenvalue weighted by Gasteiger charge is 2.49. The van der Waals surface area contributed by atoms with Crippen molar-refractivity contribution in [3.8, 4) is 12.3 Å². The van der Waals surface area contributed by atoms with Crippen molar-refractivity contribution in [1.29, 1.82) is 0 Å². The van der Waals surface area contributed by atoms with E-state index in [0.717, 1.165) is 18.4 Å². The van der Waals surface area contributed by atoms with Crippen molar-refractivity contribution < 1.29 is 9.53 Å². The number of fused-ring (bicyclic) bond motifs is 2. The summed E-state index contributed by atoms with van der Waals surface area (Å²) in [7, 11) is 3.62. The average molecular weight is 283 g/mol. The maximum absolute atomic E-state index is 12.3. The Hall–Kier alpha value is -1.79. The van der Waals surface area contributed by atoms with Crippen molar-refractivity contribution in [1.82, 2.24) is 4.90 Å². The van der Waals surface area contributed by atoms with Gasteiger partial charge in [-0.3, -0.25) is 9.69 Å². The van der Waals surface area contributed by atoms with Gasteiger partial charge < -0.3 is 4.74 Å². The molecule has 0 spiro atoms. The van der Waals surface area contributed by atoms with Gasteiger partial charge in [0.2, 0.25) is 0 Å². The Morgan fingerprint density at radius 3 is 2.67 bits per heavy atom. The molecule has 0 aliphatic carbocycles. The number of nitrogens with zero attached hydrogens (tertiary/aromatic N) is 1. The fourth-order valence-electron chi connectivity index (χ4n) is 4.09. The third-order valence-electron chi connectivity index (χ3n) is 5.25. The summed E-state index contributed by atoms with van der Waals surface area (Å²) < 4.78 is 5.09. The highest BCUT2D eigenvalue weighted by Crippen LogP contribution is 2.46. The van der Waals surface area contributed by atoms with Gasteiger partial charge in [0.25, 0.3) is 0 Å². The first-order chi connectivity index (χ1) is 10.2. The number of esters is 1. The van der Waals surface area contributed by atoms with Crippen LogP contribution in [0.1, 0.15) is 36.3 Å². The predicted octanol–water partition coefficient (Wildman–Crippen LogP) is 2.41. The van der Waals surface area contributed by atoms with Crippen molar-refractivity contribution >= 4 is 5.97 Å². The van der Waals surface area contributed by atoms with Crippen LogP contribution in [0.4, 0.5) is 0 Å². The van der Waals surface area contributed by atoms with Gasteiger partial charge in [-0.05, 0) is 44.0 Å². The summed E-state index contributed by atoms with van der Waals surface area (Å²) in [5.74, 6) is 2.71. The van der Waals surface area contributed by atoms with Gasteiger partial charge in [0.1, 0.15) is 0 Å². The smallest absolute Gasteiger partial charge is 0.310 e. The van der Waals surface area contributed by atoms with Crippen LogP contribution in [0.3, 0.4) is 0 Å². The van der Waals surface area contributed by atoms with E-state index in [9.17, 15) is 4.79 Å². The zero-order valence-corrected chi connectivity index (χ0v) is 12.6. The SMILES string of the molecule is C#Cc1ccc([C@H]2C[C@@H]3CC[C@H]([C@H]2C(=O)OC)N3C)cc1. The number of methoxy groups -OCH3 is 1. The Labute approximate surface area is 126 Å². The molecule has 1 aromatic rings. The van der Waals surface area contributed by atoms with Crippen LogP contribution >= 0.6 is 0 Å². The van der Waals surface area contributed by atoms with E-state index in [-0.39, 0.29) is 17.8 Å². The van der Waals surface area contributed by atoms with Gasteiger partial charge in [-0.1, -0.05) is 18.1 Å². The molecule has 2 fully saturated rings. The second-order valence-corrected chi connectivity index (χ2v) is 6.12. The molecule has 0 N–H and O–H groups in total. The average Bonchev–Trinajstić information content (AvgIpc) is 2.76. The number of benzene rings is 1. The fraction of sp³-hybridized carbons (Fsp3) is 0.500. The van der Waals surface area contributed by atoms with Crippen LogP contribution in [0.25, 0.3) is 0 Å². The van der Waals surface area contributed by atoms with Crippen LogP contribution < -0.4 is 0 Å². The second kappa shape index (κ2) is 5.54. The number of carbonyl (C=O) groups is 1. The van der Waals surface area contributed by atoms with E-state index in [1.54, 1.807) is 0 Å². The van der Waals surface area contributed by atoms with Gasteiger partial charge >= 0.3 is 5.97 Å². The number of piperidine rings is 1. The minimum Gasteiger partial charge on any atom is -0.469 e. The Kier molecular flexibility index (Phi) is 3.73. The molecule has 0 unspecified atom stereocenters. The molecule has 2 bridgehead atoms. The molecule has 3 nitrogen and oxygen atoms in total. The van der Waals surface area contributed by atoms with Crippen LogP contribution in [0.5, 0.6) is 0 Å². The van der Waals surface area contributed by atoms with Crippen LogP contribution in [0.2, 0.25) is 0 Å². The molecule has 3 rings (SSSR count). The zero-order valence-electron chi connectivity index (χ0n) is 12.6. The summed E-state index contributed by atoms with van der Waals surface area (Å²) in [6, 6.07) is 8.94. The van der Waals surface area contributed by atoms with Gasteiger partial charge in [0, 0.05) is 23.6 Å². The number of carbonyl (C=O) groups excluding carboxylic acids is 1. The quantitative estimate of drug-likeness (QED) is 0.616. The lowest BCUT2D eigenvalue weighted by atomic mass is 9.76. The molecule has 2 aliphatic heterocycles. The first kappa shape index (κ1) is 14.2. The highest BCUT2D eigenvalue weighted by atomic mass is 16.5. The monoisotopic (exact) mass is 283 g/mol. The van der Waals surface area contributed by atoms with Crippen molar-refractivity contribution in [2.45, 2.75) is 37.3 Å². The number of hydrogen-bond donors (Lipinski definition) is 0. The molecular weight excluding hydrogens is 262 g/mol. The van der Waals surface area contributed by atoms with E-state index in [0.29, 0.717) is 12.1 Å². The number of hydrogen-bond acceptors (Lipinski definition) is 3. The van der Waals surface area contributed by atoms with E-state index >= 15 is 0 Å². The van der Waals surface area contributed by atoms with E-state index in [2.05, 4.69) is 30.0 Å². The Balaban J connectivity index is 1.95. The molecule has 2 heterocycles. The number of terminal acetylenes is 1. The van der Waals surface area contributed by atoms with E-state index in [1.807, 2.05) is 12.1 Å². The molecule has 1 aromatic carbocycles. The Bertz CT molecular complexity index is 572. The van der Waals surface area contributed by atoms with Crippen LogP contribution in [-0.2, 0) is 9.53 Å². The Morgan fingerprint density at radius 1 is 1.33 bits per heavy atom. The fourth-order valence-corrected chi connectivity index (χ4v) is 4.09. The second-order valence-electron chi connectivity index (χ2n) is 6.12. The Morgan fingerprint density at radius 2 is 2.05 bits per heavy atom. The van der Waals surface area contributed by atoms with Gasteiger partial charge in [-0.25, -0.2) is 0 Å². The first-order valence-corrected chi connectivity index (χ1v) is 7.52. The van der Waals surface area contributed by atoms with Crippen LogP contribution in [0, 0.1) is 18.3 Å². The summed E-state index contributed by atoms with van der Waals surface area (Å²) in [4.78, 5) is 14.7. The van der Waals surface area contributed by atoms with E-state index < -0.39 is 0 Å². The third-order valence-corrected chi connectivity index (χ3v) is 5.25. The maximum atomic E-state index is 12.3. The molecule has 21 heavy (non-hydrogen) atoms. The molecule has 0 radical (unpaired) electrons. The molecule has 3 heteroatoms. The van der Waals surface area contributed by atoms with Crippen LogP contribution in [0.15, 0.2) is 24.3 Å². The number of ether oxygens (including phenoxy) is 1. The lowest BCUT2D eigenvalue weighted by molar-refractivity contribution is -0.150. The highest BCUT2D eigenvalue weighted by molar-refractivity contribution is 5.75. The summed E-state index contributed by atoms with van der Waals surface area (Å²) in [6.45, 7) is 0. The van der Waals surface area contributed by atoms with Crippen molar-refractivity contribution in [3.05, 3.63) is 35.4 Å². The van der Waals surface area contributed by atoms with Crippen LogP contribution in [-0.4, -0.2) is 37.1 Å². The molecular formula is C18H21NO2. The lowest BCUT2D eigenvalue weighted by Gasteiger charge is -2.41. The van der Waals surface area contributed by atoms with Gasteiger partial charge in [0.05, 0.1) is 13.0 Å². The number of rotatable bonds is 2. The molecule has 0 amide bonds. The van der Waals surface area contributed by atoms with E-state index in [4.69, 9.17) is 11.2 Å². The summed E-state index contributed by atoms with van der Waals surface area (Å²) in [6.07, 6.45) is 8.69. The van der Waals surface area contributed by atoms with Crippen molar-refractivity contribution in [2.24, 2.45) is 5.92 Å². The van der Waals surface area contributed by atoms with Gasteiger partial charge in [-0.15, -0.1) is 6.42 Å². The summed E-state index contributed by atoms with van der Waals surface area (Å²) in [5, 5.41) is 0. The molecule has 0 saturated carbocycles. The van der Waals surface area contributed by atoms with Crippen molar-refractivity contribution in [3.63, 3.8) is 0 Å². The lowest BCUT2D eigenvalue weighted by Crippen LogP contribution is -2.49. The normalized spacial score (nSPS) is 31.7. The molecule has 0 aromatic heterocycles. The molecule has 110 valence electrons. The summed E-state index contributed by atoms with van der Waals surface area (Å²) >= 11 is 0. The molecule has 2 aliphatic rings. The molecule has 2 saturated heterocycles. The van der Waals surface area contributed by atoms with E-state index in [1.165, 1.54) is 19.1 Å². The topological polar surface area (TPSA) is 29.5 Å². The molecule has 4 atom stereocenters. The first-order valence-electron chi connectivity index (χ1n) is 7.52. The summed E-state index contributed by atoms with van der Waals surface area (Å²) in [5.41, 5.74) is 2.08. The largest absolute Gasteiger partial charge is 0.469 e. The standard InChI is InChI=1S/C18H21NO2/c1-4-12-5-7-13(8-6-12)15-11-14-9-10-16(19(14)2)17(15)18(20)21-3/h1,5-8,14-17H,9-11H2,2-3H3/t14-,15+,16+,17-/m0/s1. The third kappa shape index (κ3) is 2.34. The zero-order chi connectivity index (χ0) is 15.0. The predicted molar refractivity (Wildman–Crippen MR) is 81.8 cm³/mol. The minimum absolute atomic E-state index is 0.0737. The van der Waals surface area contributed by atoms with Gasteiger partial charge in [-0.2, -0.15) is 0 Å². The van der Waals surface area contributed by atoms with Gasteiger partial charge in [0.15, 0.2) is 0 Å². The maximum Gasteiger partial charge on any atom is 0.310 e. The minimum atomic E-state index is -0.0850. The van der Waals surface area contributed by atoms with Crippen molar-refractivity contribution in [2.75, 3.05) is 14.2 Å².